The molecule has 1 N–H and O–H groups in total. The van der Waals surface area contributed by atoms with Gasteiger partial charge in [-0.05, 0) is 12.1 Å². The minimum atomic E-state index is 0.215. The number of carbonyl (C=O) groups is 1. The molecule has 0 unspecified atom stereocenters. The van der Waals surface area contributed by atoms with Crippen molar-refractivity contribution in [1.82, 2.24) is 10.3 Å². The molecule has 1 aliphatic heterocycles. The van der Waals surface area contributed by atoms with Gasteiger partial charge in [0.05, 0.1) is 16.6 Å². The lowest BCUT2D eigenvalue weighted by molar-refractivity contribution is -0.123. The molecule has 0 spiro atoms. The van der Waals surface area contributed by atoms with Crippen LogP contribution in [0.25, 0.3) is 10.2 Å². The van der Waals surface area contributed by atoms with Crippen molar-refractivity contribution < 1.29 is 4.79 Å². The largest absolute Gasteiger partial charge is 0.315 e. The minimum absolute atomic E-state index is 0.215. The molecular formula is C12H12N2OS. The minimum Gasteiger partial charge on any atom is -0.315 e. The van der Waals surface area contributed by atoms with Crippen LogP contribution >= 0.6 is 11.3 Å². The zero-order valence-corrected chi connectivity index (χ0v) is 9.59. The summed E-state index contributed by atoms with van der Waals surface area (Å²) >= 11 is 1.63. The Balaban J connectivity index is 1.80. The molecule has 16 heavy (non-hydrogen) atoms. The van der Waals surface area contributed by atoms with Crippen molar-refractivity contribution in [2.24, 2.45) is 5.92 Å². The highest BCUT2D eigenvalue weighted by molar-refractivity contribution is 7.18. The lowest BCUT2D eigenvalue weighted by Crippen LogP contribution is -2.47. The van der Waals surface area contributed by atoms with Gasteiger partial charge < -0.3 is 5.32 Å². The number of hydrogen-bond acceptors (Lipinski definition) is 4. The number of para-hydroxylation sites is 1. The van der Waals surface area contributed by atoms with Gasteiger partial charge >= 0.3 is 0 Å². The number of carbonyl (C=O) groups excluding carboxylic acids is 1. The van der Waals surface area contributed by atoms with Gasteiger partial charge in [-0.3, -0.25) is 4.79 Å². The number of hydrogen-bond donors (Lipinski definition) is 1. The average Bonchev–Trinajstić information content (AvgIpc) is 2.56. The molecule has 0 amide bonds. The number of aromatic nitrogens is 1. The Labute approximate surface area is 97.5 Å². The van der Waals surface area contributed by atoms with Crippen molar-refractivity contribution >= 4 is 27.3 Å². The molecular weight excluding hydrogens is 220 g/mol. The topological polar surface area (TPSA) is 42.0 Å². The van der Waals surface area contributed by atoms with Gasteiger partial charge in [0.1, 0.15) is 10.8 Å². The summed E-state index contributed by atoms with van der Waals surface area (Å²) in [6.07, 6.45) is 0.492. The van der Waals surface area contributed by atoms with Gasteiger partial charge in [0.15, 0.2) is 0 Å². The van der Waals surface area contributed by atoms with Crippen molar-refractivity contribution in [3.63, 3.8) is 0 Å². The van der Waals surface area contributed by atoms with Crippen molar-refractivity contribution in [3.05, 3.63) is 29.3 Å². The normalized spacial score (nSPS) is 16.2. The van der Waals surface area contributed by atoms with E-state index < -0.39 is 0 Å². The second-order valence-electron chi connectivity index (χ2n) is 4.07. The van der Waals surface area contributed by atoms with Crippen LogP contribution in [0.2, 0.25) is 0 Å². The average molecular weight is 232 g/mol. The molecule has 0 atom stereocenters. The Morgan fingerprint density at radius 2 is 2.25 bits per heavy atom. The number of rotatable bonds is 3. The Morgan fingerprint density at radius 3 is 2.94 bits per heavy atom. The number of nitrogens with zero attached hydrogens (tertiary/aromatic N) is 1. The molecule has 82 valence electrons. The molecule has 1 fully saturated rings. The molecule has 0 aliphatic carbocycles. The third-order valence-electron chi connectivity index (χ3n) is 2.90. The molecule has 1 aromatic heterocycles. The molecule has 3 nitrogen and oxygen atoms in total. The molecule has 1 aromatic carbocycles. The van der Waals surface area contributed by atoms with E-state index >= 15 is 0 Å². The number of nitrogens with one attached hydrogen (secondary N) is 1. The van der Waals surface area contributed by atoms with E-state index in [2.05, 4.69) is 10.3 Å². The Morgan fingerprint density at radius 1 is 1.44 bits per heavy atom. The lowest BCUT2D eigenvalue weighted by atomic mass is 9.96. The first-order valence-electron chi connectivity index (χ1n) is 5.41. The van der Waals surface area contributed by atoms with Crippen LogP contribution in [0.1, 0.15) is 5.01 Å². The van der Waals surface area contributed by atoms with Gasteiger partial charge in [0.2, 0.25) is 0 Å². The Bertz CT molecular complexity index is 498. The molecule has 1 aliphatic rings. The molecule has 0 bridgehead atoms. The summed E-state index contributed by atoms with van der Waals surface area (Å²) in [6, 6.07) is 8.02. The maximum Gasteiger partial charge on any atom is 0.145 e. The summed E-state index contributed by atoms with van der Waals surface area (Å²) in [5.41, 5.74) is 1.00. The zero-order chi connectivity index (χ0) is 11.0. The quantitative estimate of drug-likeness (QED) is 0.874. The van der Waals surface area contributed by atoms with Gasteiger partial charge in [-0.1, -0.05) is 12.1 Å². The van der Waals surface area contributed by atoms with Gasteiger partial charge in [-0.15, -0.1) is 11.3 Å². The van der Waals surface area contributed by atoms with Crippen molar-refractivity contribution in [2.45, 2.75) is 6.42 Å². The van der Waals surface area contributed by atoms with Crippen LogP contribution < -0.4 is 5.32 Å². The van der Waals surface area contributed by atoms with E-state index in [-0.39, 0.29) is 5.92 Å². The first-order chi connectivity index (χ1) is 7.83. The number of fused-ring (bicyclic) bond motifs is 1. The number of benzene rings is 1. The van der Waals surface area contributed by atoms with Crippen molar-refractivity contribution in [2.75, 3.05) is 13.1 Å². The van der Waals surface area contributed by atoms with Crippen LogP contribution in [0.15, 0.2) is 24.3 Å². The van der Waals surface area contributed by atoms with Gasteiger partial charge in [-0.2, -0.15) is 0 Å². The smallest absolute Gasteiger partial charge is 0.145 e. The first-order valence-corrected chi connectivity index (χ1v) is 6.22. The highest BCUT2D eigenvalue weighted by Crippen LogP contribution is 2.22. The van der Waals surface area contributed by atoms with Gasteiger partial charge in [-0.25, -0.2) is 4.98 Å². The Hall–Kier alpha value is -1.26. The molecule has 2 heterocycles. The number of Topliss-reactive ketones (excluding diaryl/α,β-unsaturated/α-hetero) is 1. The zero-order valence-electron chi connectivity index (χ0n) is 8.77. The van der Waals surface area contributed by atoms with Gasteiger partial charge in [0.25, 0.3) is 0 Å². The van der Waals surface area contributed by atoms with Crippen molar-refractivity contribution in [1.29, 1.82) is 0 Å². The monoisotopic (exact) mass is 232 g/mol. The predicted molar refractivity (Wildman–Crippen MR) is 64.7 cm³/mol. The Kier molecular flexibility index (Phi) is 2.46. The fourth-order valence-electron chi connectivity index (χ4n) is 1.81. The van der Waals surface area contributed by atoms with E-state index in [1.54, 1.807) is 11.3 Å². The van der Waals surface area contributed by atoms with Crippen LogP contribution in [-0.4, -0.2) is 23.9 Å². The number of ketones is 1. The third kappa shape index (κ3) is 1.74. The maximum absolute atomic E-state index is 11.8. The van der Waals surface area contributed by atoms with E-state index in [0.717, 1.165) is 28.3 Å². The summed E-state index contributed by atoms with van der Waals surface area (Å²) in [5, 5.41) is 4.06. The summed E-state index contributed by atoms with van der Waals surface area (Å²) < 4.78 is 1.16. The summed E-state index contributed by atoms with van der Waals surface area (Å²) in [5.74, 6) is 0.532. The lowest BCUT2D eigenvalue weighted by Gasteiger charge is -2.25. The summed E-state index contributed by atoms with van der Waals surface area (Å²) in [7, 11) is 0. The van der Waals surface area contributed by atoms with E-state index in [0.29, 0.717) is 12.2 Å². The second-order valence-corrected chi connectivity index (χ2v) is 5.19. The summed E-state index contributed by atoms with van der Waals surface area (Å²) in [6.45, 7) is 1.67. The number of thiazole rings is 1. The molecule has 1 saturated heterocycles. The van der Waals surface area contributed by atoms with Crippen LogP contribution in [0.5, 0.6) is 0 Å². The van der Waals surface area contributed by atoms with Gasteiger partial charge in [0, 0.05) is 19.0 Å². The first kappa shape index (κ1) is 9.93. The second kappa shape index (κ2) is 3.96. The molecule has 4 heteroatoms. The maximum atomic E-state index is 11.8. The van der Waals surface area contributed by atoms with E-state index in [9.17, 15) is 4.79 Å². The van der Waals surface area contributed by atoms with Crippen LogP contribution in [-0.2, 0) is 11.2 Å². The molecule has 0 radical (unpaired) electrons. The fourth-order valence-corrected chi connectivity index (χ4v) is 2.78. The highest BCUT2D eigenvalue weighted by Gasteiger charge is 2.25. The van der Waals surface area contributed by atoms with E-state index in [1.807, 2.05) is 24.3 Å². The van der Waals surface area contributed by atoms with Crippen LogP contribution in [0, 0.1) is 5.92 Å². The fraction of sp³-hybridized carbons (Fsp3) is 0.333. The van der Waals surface area contributed by atoms with E-state index in [1.165, 1.54) is 0 Å². The van der Waals surface area contributed by atoms with Crippen LogP contribution in [0.4, 0.5) is 0 Å². The SMILES string of the molecule is O=C(Cc1nc2ccccc2s1)C1CNC1. The van der Waals surface area contributed by atoms with Crippen molar-refractivity contribution in [3.8, 4) is 0 Å². The van der Waals surface area contributed by atoms with Crippen LogP contribution in [0.3, 0.4) is 0 Å². The molecule has 2 aromatic rings. The summed E-state index contributed by atoms with van der Waals surface area (Å²) in [4.78, 5) is 16.3. The predicted octanol–water partition coefficient (Wildman–Crippen LogP) is 1.63. The molecule has 0 saturated carbocycles. The third-order valence-corrected chi connectivity index (χ3v) is 3.94. The van der Waals surface area contributed by atoms with E-state index in [4.69, 9.17) is 0 Å². The highest BCUT2D eigenvalue weighted by atomic mass is 32.1. The molecule has 3 rings (SSSR count). The standard InChI is InChI=1S/C12H12N2OS/c15-10(8-6-13-7-8)5-12-14-9-3-1-2-4-11(9)16-12/h1-4,8,13H,5-7H2.